The Morgan fingerprint density at radius 2 is 1.86 bits per heavy atom. The van der Waals surface area contributed by atoms with Crippen molar-refractivity contribution in [2.75, 3.05) is 12.4 Å². The first kappa shape index (κ1) is 20.4. The molecule has 0 saturated carbocycles. The average Bonchev–Trinajstić information content (AvgIpc) is 3.09. The standard InChI is InChI=1S/C22H22N4O2S/c1-6-8-20-18(7-2)25-22(29-20)26-21(27)17-11-23-13(3)9-15(17)16-10-14(4)24-12-19(16)28-5/h6-12H,1H2,2-5H3,(H,25,26,27)/b18-7+,20-8+. The molecule has 3 aromatic rings. The number of carbonyl (C=O) groups excluding carboxylic acids is 1. The Bertz CT molecular complexity index is 1200. The number of methoxy groups -OCH3 is 1. The molecule has 0 aliphatic rings. The molecule has 3 heterocycles. The van der Waals surface area contributed by atoms with E-state index in [2.05, 4.69) is 26.8 Å². The molecule has 6 nitrogen and oxygen atoms in total. The van der Waals surface area contributed by atoms with Crippen LogP contribution in [-0.2, 0) is 0 Å². The Morgan fingerprint density at radius 1 is 1.17 bits per heavy atom. The van der Waals surface area contributed by atoms with E-state index in [0.717, 1.165) is 32.4 Å². The van der Waals surface area contributed by atoms with Crippen molar-refractivity contribution in [3.05, 3.63) is 64.0 Å². The van der Waals surface area contributed by atoms with Gasteiger partial charge in [-0.3, -0.25) is 20.1 Å². The van der Waals surface area contributed by atoms with Gasteiger partial charge in [-0.25, -0.2) is 4.98 Å². The fraction of sp³-hybridized carbons (Fsp3) is 0.182. The molecule has 0 saturated heterocycles. The molecule has 0 bridgehead atoms. The van der Waals surface area contributed by atoms with Crippen molar-refractivity contribution in [1.29, 1.82) is 0 Å². The van der Waals surface area contributed by atoms with E-state index >= 15 is 0 Å². The third-order valence-corrected chi connectivity index (χ3v) is 5.20. The van der Waals surface area contributed by atoms with Crippen LogP contribution in [0.15, 0.2) is 37.2 Å². The van der Waals surface area contributed by atoms with E-state index in [4.69, 9.17) is 4.74 Å². The first-order valence-electron chi connectivity index (χ1n) is 9.01. The van der Waals surface area contributed by atoms with Crippen molar-refractivity contribution in [3.63, 3.8) is 0 Å². The Labute approximate surface area is 173 Å². The number of anilines is 1. The third kappa shape index (κ3) is 4.41. The van der Waals surface area contributed by atoms with Crippen LogP contribution >= 0.6 is 11.3 Å². The van der Waals surface area contributed by atoms with Crippen LogP contribution in [0.25, 0.3) is 23.3 Å². The van der Waals surface area contributed by atoms with Gasteiger partial charge in [0.05, 0.1) is 28.8 Å². The summed E-state index contributed by atoms with van der Waals surface area (Å²) in [6.07, 6.45) is 8.69. The quantitative estimate of drug-likeness (QED) is 0.704. The number of thiazole rings is 1. The van der Waals surface area contributed by atoms with Gasteiger partial charge in [0.1, 0.15) is 5.75 Å². The summed E-state index contributed by atoms with van der Waals surface area (Å²) in [5.74, 6) is 0.306. The second kappa shape index (κ2) is 8.79. The topological polar surface area (TPSA) is 77.0 Å². The minimum atomic E-state index is -0.287. The van der Waals surface area contributed by atoms with E-state index in [1.807, 2.05) is 45.1 Å². The van der Waals surface area contributed by atoms with Gasteiger partial charge in [0.15, 0.2) is 5.13 Å². The molecule has 0 unspecified atom stereocenters. The van der Waals surface area contributed by atoms with Crippen molar-refractivity contribution in [2.24, 2.45) is 0 Å². The Balaban J connectivity index is 2.07. The highest BCUT2D eigenvalue weighted by Gasteiger charge is 2.18. The molecule has 0 radical (unpaired) electrons. The van der Waals surface area contributed by atoms with Gasteiger partial charge in [-0.1, -0.05) is 30.1 Å². The monoisotopic (exact) mass is 406 g/mol. The van der Waals surface area contributed by atoms with E-state index < -0.39 is 0 Å². The number of nitrogens with one attached hydrogen (secondary N) is 1. The molecule has 0 atom stereocenters. The van der Waals surface area contributed by atoms with Gasteiger partial charge in [-0.15, -0.1) is 0 Å². The highest BCUT2D eigenvalue weighted by Crippen LogP contribution is 2.33. The maximum atomic E-state index is 13.1. The number of aryl methyl sites for hydroxylation is 2. The molecule has 0 aromatic carbocycles. The number of nitrogens with zero attached hydrogens (tertiary/aromatic N) is 3. The first-order valence-corrected chi connectivity index (χ1v) is 9.83. The lowest BCUT2D eigenvalue weighted by Gasteiger charge is -2.13. The van der Waals surface area contributed by atoms with Crippen LogP contribution in [0.4, 0.5) is 5.13 Å². The minimum Gasteiger partial charge on any atom is -0.494 e. The van der Waals surface area contributed by atoms with Gasteiger partial charge in [-0.2, -0.15) is 0 Å². The van der Waals surface area contributed by atoms with Crippen molar-refractivity contribution < 1.29 is 9.53 Å². The SMILES string of the molecule is C=C/C=c1/sc(NC(=O)c2cnc(C)cc2-c2cc(C)ncc2OC)n/c1=C/C. The molecule has 1 amide bonds. The number of pyridine rings is 2. The molecule has 3 rings (SSSR count). The molecule has 0 spiro atoms. The third-order valence-electron chi connectivity index (χ3n) is 4.24. The summed E-state index contributed by atoms with van der Waals surface area (Å²) < 4.78 is 6.40. The summed E-state index contributed by atoms with van der Waals surface area (Å²) in [4.78, 5) is 26.2. The van der Waals surface area contributed by atoms with Gasteiger partial charge >= 0.3 is 0 Å². The van der Waals surface area contributed by atoms with Crippen LogP contribution < -0.4 is 19.9 Å². The van der Waals surface area contributed by atoms with Crippen molar-refractivity contribution >= 4 is 34.5 Å². The van der Waals surface area contributed by atoms with Crippen LogP contribution in [-0.4, -0.2) is 28.0 Å². The molecule has 148 valence electrons. The van der Waals surface area contributed by atoms with Gasteiger partial charge in [-0.05, 0) is 39.0 Å². The molecular weight excluding hydrogens is 384 g/mol. The highest BCUT2D eigenvalue weighted by atomic mass is 32.1. The molecule has 1 N–H and O–H groups in total. The van der Waals surface area contributed by atoms with Crippen LogP contribution in [0.1, 0.15) is 28.7 Å². The Morgan fingerprint density at radius 3 is 2.52 bits per heavy atom. The fourth-order valence-corrected chi connectivity index (χ4v) is 3.81. The largest absolute Gasteiger partial charge is 0.494 e. The predicted octanol–water partition coefficient (Wildman–Crippen LogP) is 3.24. The number of carbonyl (C=O) groups is 1. The number of ether oxygens (including phenoxy) is 1. The normalized spacial score (nSPS) is 12.1. The van der Waals surface area contributed by atoms with E-state index in [1.165, 1.54) is 11.3 Å². The van der Waals surface area contributed by atoms with E-state index in [9.17, 15) is 4.79 Å². The summed E-state index contributed by atoms with van der Waals surface area (Å²) in [5, 5.41) is 4.21. The zero-order valence-corrected chi connectivity index (χ0v) is 17.6. The predicted molar refractivity (Wildman–Crippen MR) is 118 cm³/mol. The summed E-state index contributed by atoms with van der Waals surface area (Å²) in [5.41, 5.74) is 3.58. The number of amides is 1. The second-order valence-corrected chi connectivity index (χ2v) is 7.34. The van der Waals surface area contributed by atoms with E-state index in [1.54, 1.807) is 25.6 Å². The van der Waals surface area contributed by atoms with E-state index in [0.29, 0.717) is 16.4 Å². The van der Waals surface area contributed by atoms with Gasteiger partial charge < -0.3 is 4.74 Å². The average molecular weight is 407 g/mol. The van der Waals surface area contributed by atoms with Gasteiger partial charge in [0.25, 0.3) is 5.91 Å². The minimum absolute atomic E-state index is 0.287. The maximum Gasteiger partial charge on any atom is 0.259 e. The summed E-state index contributed by atoms with van der Waals surface area (Å²) in [6.45, 7) is 9.40. The Kier molecular flexibility index (Phi) is 6.19. The lowest BCUT2D eigenvalue weighted by atomic mass is 9.99. The van der Waals surface area contributed by atoms with Gasteiger partial charge in [0.2, 0.25) is 0 Å². The van der Waals surface area contributed by atoms with Crippen LogP contribution in [0.3, 0.4) is 0 Å². The van der Waals surface area contributed by atoms with Gasteiger partial charge in [0, 0.05) is 28.7 Å². The lowest BCUT2D eigenvalue weighted by Crippen LogP contribution is -2.20. The second-order valence-electron chi connectivity index (χ2n) is 6.31. The molecule has 29 heavy (non-hydrogen) atoms. The molecule has 0 aliphatic carbocycles. The van der Waals surface area contributed by atoms with Crippen molar-refractivity contribution in [3.8, 4) is 16.9 Å². The zero-order valence-electron chi connectivity index (χ0n) is 16.8. The molecule has 7 heteroatoms. The van der Waals surface area contributed by atoms with E-state index in [-0.39, 0.29) is 5.91 Å². The summed E-state index contributed by atoms with van der Waals surface area (Å²) in [7, 11) is 1.58. The first-order chi connectivity index (χ1) is 14.0. The molecular formula is C22H22N4O2S. The number of hydrogen-bond acceptors (Lipinski definition) is 6. The van der Waals surface area contributed by atoms with Crippen LogP contribution in [0.5, 0.6) is 5.75 Å². The Hall–Kier alpha value is -3.32. The zero-order chi connectivity index (χ0) is 21.0. The van der Waals surface area contributed by atoms with Crippen molar-refractivity contribution in [1.82, 2.24) is 15.0 Å². The van der Waals surface area contributed by atoms with Crippen LogP contribution in [0, 0.1) is 13.8 Å². The summed E-state index contributed by atoms with van der Waals surface area (Å²) in [6, 6.07) is 3.77. The lowest BCUT2D eigenvalue weighted by molar-refractivity contribution is 0.102. The molecule has 3 aromatic heterocycles. The number of rotatable bonds is 5. The van der Waals surface area contributed by atoms with Crippen molar-refractivity contribution in [2.45, 2.75) is 20.8 Å². The smallest absolute Gasteiger partial charge is 0.259 e. The number of hydrogen-bond donors (Lipinski definition) is 1. The highest BCUT2D eigenvalue weighted by molar-refractivity contribution is 7.13. The number of allylic oxidation sites excluding steroid dienone is 1. The molecule has 0 aliphatic heterocycles. The maximum absolute atomic E-state index is 13.1. The molecule has 0 fully saturated rings. The number of aromatic nitrogens is 3. The fourth-order valence-electron chi connectivity index (χ4n) is 2.88. The van der Waals surface area contributed by atoms with Crippen LogP contribution in [0.2, 0.25) is 0 Å². The summed E-state index contributed by atoms with van der Waals surface area (Å²) >= 11 is 1.39.